The molecule has 1 fully saturated rings. The highest BCUT2D eigenvalue weighted by Gasteiger charge is 2.18. The molecular formula is C14H23N3O3S. The van der Waals surface area contributed by atoms with Crippen LogP contribution in [0, 0.1) is 0 Å². The fourth-order valence-corrected chi connectivity index (χ4v) is 3.40. The highest BCUT2D eigenvalue weighted by atomic mass is 32.2. The molecule has 0 aromatic heterocycles. The average molecular weight is 313 g/mol. The first-order valence-electron chi connectivity index (χ1n) is 7.20. The Labute approximate surface area is 126 Å². The summed E-state index contributed by atoms with van der Waals surface area (Å²) in [5.74, 6) is -0.00809. The normalized spacial score (nSPS) is 17.0. The minimum absolute atomic E-state index is 0.00809. The van der Waals surface area contributed by atoms with Gasteiger partial charge in [0.2, 0.25) is 10.0 Å². The third-order valence-electron chi connectivity index (χ3n) is 3.24. The van der Waals surface area contributed by atoms with E-state index in [1.807, 2.05) is 24.3 Å². The summed E-state index contributed by atoms with van der Waals surface area (Å²) in [5.41, 5.74) is 1.94. The Morgan fingerprint density at radius 1 is 1.14 bits per heavy atom. The Balaban J connectivity index is 1.89. The third-order valence-corrected chi connectivity index (χ3v) is 4.49. The summed E-state index contributed by atoms with van der Waals surface area (Å²) in [4.78, 5) is 2.61. The van der Waals surface area contributed by atoms with E-state index in [1.165, 1.54) is 0 Å². The second-order valence-corrected chi connectivity index (χ2v) is 6.75. The number of rotatable bonds is 7. The van der Waals surface area contributed by atoms with Crippen LogP contribution < -0.4 is 10.1 Å². The lowest BCUT2D eigenvalue weighted by atomic mass is 10.1. The van der Waals surface area contributed by atoms with Crippen molar-refractivity contribution in [2.45, 2.75) is 19.2 Å². The van der Waals surface area contributed by atoms with Crippen LogP contribution in [-0.2, 0) is 27.1 Å². The van der Waals surface area contributed by atoms with Crippen LogP contribution in [0.3, 0.4) is 0 Å². The maximum Gasteiger partial charge on any atom is 0.228 e. The third kappa shape index (κ3) is 5.72. The molecule has 0 spiro atoms. The van der Waals surface area contributed by atoms with Crippen LogP contribution >= 0.6 is 0 Å². The van der Waals surface area contributed by atoms with E-state index in [-0.39, 0.29) is 5.75 Å². The predicted octanol–water partition coefficient (Wildman–Crippen LogP) is 0.463. The van der Waals surface area contributed by atoms with Gasteiger partial charge in [0.25, 0.3) is 0 Å². The van der Waals surface area contributed by atoms with Gasteiger partial charge in [-0.15, -0.1) is 4.83 Å². The molecule has 0 radical (unpaired) electrons. The predicted molar refractivity (Wildman–Crippen MR) is 82.0 cm³/mol. The van der Waals surface area contributed by atoms with Gasteiger partial charge in [-0.1, -0.05) is 31.2 Å². The van der Waals surface area contributed by atoms with Crippen molar-refractivity contribution in [2.24, 2.45) is 0 Å². The zero-order chi connectivity index (χ0) is 15.1. The minimum Gasteiger partial charge on any atom is -0.379 e. The van der Waals surface area contributed by atoms with Gasteiger partial charge >= 0.3 is 0 Å². The highest BCUT2D eigenvalue weighted by Crippen LogP contribution is 2.08. The first-order chi connectivity index (χ1) is 10.1. The second kappa shape index (κ2) is 7.86. The molecule has 0 aliphatic carbocycles. The Morgan fingerprint density at radius 3 is 2.38 bits per heavy atom. The number of morpholine rings is 1. The number of hydrogen-bond donors (Lipinski definition) is 2. The molecule has 1 heterocycles. The first kappa shape index (κ1) is 16.4. The largest absolute Gasteiger partial charge is 0.379 e. The molecule has 1 aliphatic heterocycles. The zero-order valence-electron chi connectivity index (χ0n) is 12.3. The van der Waals surface area contributed by atoms with Gasteiger partial charge in [-0.05, 0) is 17.7 Å². The van der Waals surface area contributed by atoms with E-state index in [1.54, 1.807) is 5.01 Å². The maximum atomic E-state index is 12.1. The number of sulfonamides is 1. The molecule has 0 amide bonds. The monoisotopic (exact) mass is 313 g/mol. The number of nitrogens with one attached hydrogen (secondary N) is 2. The molecule has 6 nitrogen and oxygen atoms in total. The lowest BCUT2D eigenvalue weighted by Gasteiger charge is -2.26. The van der Waals surface area contributed by atoms with Crippen molar-refractivity contribution in [3.05, 3.63) is 35.4 Å². The van der Waals surface area contributed by atoms with Crippen molar-refractivity contribution < 1.29 is 13.2 Å². The molecule has 7 heteroatoms. The van der Waals surface area contributed by atoms with Gasteiger partial charge in [0.15, 0.2) is 0 Å². The SMILES string of the molecule is CCNCc1ccc(CS(=O)(=O)NN2CCOCC2)cc1. The lowest BCUT2D eigenvalue weighted by molar-refractivity contribution is 0.0272. The summed E-state index contributed by atoms with van der Waals surface area (Å²) in [7, 11) is -3.36. The van der Waals surface area contributed by atoms with Crippen molar-refractivity contribution in [1.29, 1.82) is 0 Å². The van der Waals surface area contributed by atoms with E-state index in [9.17, 15) is 8.42 Å². The number of ether oxygens (including phenoxy) is 1. The summed E-state index contributed by atoms with van der Waals surface area (Å²) in [6.07, 6.45) is 0. The van der Waals surface area contributed by atoms with E-state index >= 15 is 0 Å². The Hall–Kier alpha value is -0.990. The van der Waals surface area contributed by atoms with Crippen LogP contribution in [0.15, 0.2) is 24.3 Å². The first-order valence-corrected chi connectivity index (χ1v) is 8.85. The summed E-state index contributed by atoms with van der Waals surface area (Å²) in [6.45, 7) is 6.05. The van der Waals surface area contributed by atoms with Crippen molar-refractivity contribution in [3.63, 3.8) is 0 Å². The molecule has 0 atom stereocenters. The second-order valence-electron chi connectivity index (χ2n) is 5.05. The van der Waals surface area contributed by atoms with E-state index in [0.717, 1.165) is 24.2 Å². The van der Waals surface area contributed by atoms with Crippen molar-refractivity contribution in [3.8, 4) is 0 Å². The number of benzene rings is 1. The van der Waals surface area contributed by atoms with Gasteiger partial charge in [0.05, 0.1) is 19.0 Å². The fraction of sp³-hybridized carbons (Fsp3) is 0.571. The molecule has 1 saturated heterocycles. The van der Waals surface area contributed by atoms with Gasteiger partial charge in [0, 0.05) is 19.6 Å². The van der Waals surface area contributed by atoms with Crippen LogP contribution in [0.4, 0.5) is 0 Å². The topological polar surface area (TPSA) is 70.7 Å². The van der Waals surface area contributed by atoms with Gasteiger partial charge in [-0.3, -0.25) is 0 Å². The van der Waals surface area contributed by atoms with Gasteiger partial charge < -0.3 is 10.1 Å². The highest BCUT2D eigenvalue weighted by molar-refractivity contribution is 7.88. The van der Waals surface area contributed by atoms with Crippen LogP contribution in [0.5, 0.6) is 0 Å². The van der Waals surface area contributed by atoms with Crippen molar-refractivity contribution in [1.82, 2.24) is 15.2 Å². The summed E-state index contributed by atoms with van der Waals surface area (Å²) in [6, 6.07) is 7.65. The summed E-state index contributed by atoms with van der Waals surface area (Å²) >= 11 is 0. The molecule has 21 heavy (non-hydrogen) atoms. The van der Waals surface area contributed by atoms with Crippen LogP contribution in [0.25, 0.3) is 0 Å². The number of hydrogen-bond acceptors (Lipinski definition) is 5. The fourth-order valence-electron chi connectivity index (χ4n) is 2.13. The van der Waals surface area contributed by atoms with Gasteiger partial charge in [0.1, 0.15) is 0 Å². The zero-order valence-corrected chi connectivity index (χ0v) is 13.2. The molecule has 1 aromatic carbocycles. The Morgan fingerprint density at radius 2 is 1.76 bits per heavy atom. The van der Waals surface area contributed by atoms with Crippen LogP contribution in [-0.4, -0.2) is 46.3 Å². The molecule has 0 unspecified atom stereocenters. The maximum absolute atomic E-state index is 12.1. The molecule has 118 valence electrons. The average Bonchev–Trinajstić information content (AvgIpc) is 2.47. The number of hydrazine groups is 1. The minimum atomic E-state index is -3.36. The smallest absolute Gasteiger partial charge is 0.228 e. The molecule has 0 saturated carbocycles. The van der Waals surface area contributed by atoms with E-state index in [0.29, 0.717) is 26.3 Å². The summed E-state index contributed by atoms with van der Waals surface area (Å²) < 4.78 is 29.4. The van der Waals surface area contributed by atoms with E-state index in [2.05, 4.69) is 17.1 Å². The molecule has 2 N–H and O–H groups in total. The quantitative estimate of drug-likeness (QED) is 0.765. The number of nitrogens with zero attached hydrogens (tertiary/aromatic N) is 1. The van der Waals surface area contributed by atoms with Crippen LogP contribution in [0.2, 0.25) is 0 Å². The molecule has 1 aromatic rings. The lowest BCUT2D eigenvalue weighted by Crippen LogP contribution is -2.48. The van der Waals surface area contributed by atoms with E-state index in [4.69, 9.17) is 4.74 Å². The Bertz CT molecular complexity index is 525. The molecule has 0 bridgehead atoms. The molecular weight excluding hydrogens is 290 g/mol. The van der Waals surface area contributed by atoms with Gasteiger partial charge in [-0.2, -0.15) is 0 Å². The Kier molecular flexibility index (Phi) is 6.13. The van der Waals surface area contributed by atoms with E-state index < -0.39 is 10.0 Å². The van der Waals surface area contributed by atoms with Gasteiger partial charge in [-0.25, -0.2) is 13.4 Å². The molecule has 2 rings (SSSR count). The van der Waals surface area contributed by atoms with Crippen molar-refractivity contribution in [2.75, 3.05) is 32.8 Å². The summed E-state index contributed by atoms with van der Waals surface area (Å²) in [5, 5.41) is 4.93. The van der Waals surface area contributed by atoms with Crippen LogP contribution in [0.1, 0.15) is 18.1 Å². The molecule has 1 aliphatic rings. The van der Waals surface area contributed by atoms with Crippen molar-refractivity contribution >= 4 is 10.0 Å². The standard InChI is InChI=1S/C14H23N3O3S/c1-2-15-11-13-3-5-14(6-4-13)12-21(18,19)16-17-7-9-20-10-8-17/h3-6,15-16H,2,7-12H2,1H3.